The fourth-order valence-electron chi connectivity index (χ4n) is 9.91. The number of rotatable bonds is 15. The number of alkyl halides is 3. The number of hydrogen-bond donors (Lipinski definition) is 1. The van der Waals surface area contributed by atoms with Crippen LogP contribution >= 0.6 is 0 Å². The number of ether oxygens (including phenoxy) is 1. The van der Waals surface area contributed by atoms with Crippen molar-refractivity contribution in [2.45, 2.75) is 102 Å². The van der Waals surface area contributed by atoms with E-state index in [0.717, 1.165) is 84.7 Å². The highest BCUT2D eigenvalue weighted by Gasteiger charge is 2.35. The largest absolute Gasteiger partial charge is 0.418 e. The summed E-state index contributed by atoms with van der Waals surface area (Å²) >= 11 is 0. The van der Waals surface area contributed by atoms with Crippen LogP contribution in [0.3, 0.4) is 0 Å². The van der Waals surface area contributed by atoms with Crippen molar-refractivity contribution < 1.29 is 32.3 Å². The van der Waals surface area contributed by atoms with Crippen LogP contribution in [0.15, 0.2) is 96.3 Å². The van der Waals surface area contributed by atoms with Crippen molar-refractivity contribution in [3.8, 4) is 18.5 Å². The van der Waals surface area contributed by atoms with Gasteiger partial charge in [-0.25, -0.2) is 4.79 Å². The van der Waals surface area contributed by atoms with Gasteiger partial charge in [0, 0.05) is 95.9 Å². The lowest BCUT2D eigenvalue weighted by Gasteiger charge is -2.36. The normalized spacial score (nSPS) is 18.5. The summed E-state index contributed by atoms with van der Waals surface area (Å²) in [4.78, 5) is 58.5. The number of piperazine rings is 1. The number of aryl methyl sites for hydroxylation is 1. The van der Waals surface area contributed by atoms with Gasteiger partial charge in [-0.3, -0.25) is 43.4 Å². The number of likely N-dealkylation sites (tertiary alicyclic amines) is 1. The Morgan fingerprint density at radius 3 is 2.22 bits per heavy atom. The molecule has 74 heavy (non-hydrogen) atoms. The lowest BCUT2D eigenvalue weighted by atomic mass is 10.0. The summed E-state index contributed by atoms with van der Waals surface area (Å²) in [5.41, 5.74) is 4.73. The van der Waals surface area contributed by atoms with Crippen LogP contribution in [0.5, 0.6) is 0 Å². The summed E-state index contributed by atoms with van der Waals surface area (Å²) in [6.07, 6.45) is 17.3. The number of amides is 2. The first kappa shape index (κ1) is 53.4. The molecule has 10 rings (SSSR count). The molecule has 3 saturated heterocycles. The number of halogens is 3. The molecular formula is C56H65F3N10O5. The molecule has 15 nitrogen and oxygen atoms in total. The molecule has 0 bridgehead atoms. The van der Waals surface area contributed by atoms with Crippen LogP contribution in [0, 0.1) is 12.8 Å². The van der Waals surface area contributed by atoms with Crippen LogP contribution in [-0.2, 0) is 60.2 Å². The van der Waals surface area contributed by atoms with Gasteiger partial charge in [-0.1, -0.05) is 62.1 Å². The van der Waals surface area contributed by atoms with Gasteiger partial charge in [0.25, 0.3) is 0 Å². The third-order valence-corrected chi connectivity index (χ3v) is 14.4. The monoisotopic (exact) mass is 1010 g/mol. The molecule has 6 aromatic rings. The highest BCUT2D eigenvalue weighted by atomic mass is 19.4. The van der Waals surface area contributed by atoms with Gasteiger partial charge in [0.1, 0.15) is 18.4 Å². The number of nitrogens with one attached hydrogen (secondary N) is 1. The molecule has 18 heteroatoms. The Kier molecular flexibility index (Phi) is 17.6. The number of nitrogens with zero attached hydrogens (tertiary/aromatic N) is 9. The number of hydrogen-bond acceptors (Lipinski definition) is 11. The standard InChI is InChI=1S/C50H55F3N10O5.C4H8.C2H2/c1-57(44-14-15-47(65)55-48(44)66)28-39-24-40(13-12-38(39)31-64)61-19-17-59(18-20-61)25-34-8-10-35(11-9-34)32-68-42-7-4-16-60(29-42)26-37-22-43(50(51,52)53)45-30-62(49(67)63(45)27-37)41-6-3-5-36(21-41)23-46-56-54-33-58(46)2;1-2-4-3-1;1-2/h3,5-6,8-13,21-22,24,27,30-31,33,42,44H,4,7,14-20,23,25-26,28-29,32H2,1-2H3,(H,55,65,66);1-4H2;1-2H. The van der Waals surface area contributed by atoms with Crippen LogP contribution in [0.2, 0.25) is 0 Å². The number of aromatic nitrogens is 5. The number of likely N-dealkylation sites (N-methyl/N-ethyl adjacent to an activating group) is 1. The number of anilines is 1. The number of benzene rings is 3. The fourth-order valence-corrected chi connectivity index (χ4v) is 9.91. The summed E-state index contributed by atoms with van der Waals surface area (Å²) in [5, 5.41) is 10.4. The molecule has 6 heterocycles. The summed E-state index contributed by atoms with van der Waals surface area (Å²) in [7, 11) is 3.67. The molecule has 2 amide bonds. The van der Waals surface area contributed by atoms with Gasteiger partial charge in [-0.2, -0.15) is 13.2 Å². The molecule has 2 unspecified atom stereocenters. The predicted octanol–water partition coefficient (Wildman–Crippen LogP) is 7.19. The van der Waals surface area contributed by atoms with Crippen molar-refractivity contribution >= 4 is 29.3 Å². The van der Waals surface area contributed by atoms with Crippen molar-refractivity contribution in [2.75, 3.05) is 51.2 Å². The number of imide groups is 1. The molecule has 1 aliphatic carbocycles. The third kappa shape index (κ3) is 13.2. The molecule has 0 spiro atoms. The maximum Gasteiger partial charge on any atom is 0.418 e. The van der Waals surface area contributed by atoms with Gasteiger partial charge in [0.15, 0.2) is 0 Å². The summed E-state index contributed by atoms with van der Waals surface area (Å²) in [6, 6.07) is 22.1. The molecule has 3 aromatic carbocycles. The smallest absolute Gasteiger partial charge is 0.372 e. The topological polar surface area (TPSA) is 143 Å². The second-order valence-corrected chi connectivity index (χ2v) is 19.7. The maximum absolute atomic E-state index is 14.6. The van der Waals surface area contributed by atoms with Gasteiger partial charge in [0.05, 0.1) is 35.5 Å². The van der Waals surface area contributed by atoms with Crippen LogP contribution in [-0.4, -0.2) is 115 Å². The zero-order valence-corrected chi connectivity index (χ0v) is 42.2. The summed E-state index contributed by atoms with van der Waals surface area (Å²) < 4.78 is 54.3. The average Bonchev–Trinajstić information content (AvgIpc) is 3.94. The van der Waals surface area contributed by atoms with Gasteiger partial charge in [-0.15, -0.1) is 23.0 Å². The van der Waals surface area contributed by atoms with E-state index < -0.39 is 23.5 Å². The van der Waals surface area contributed by atoms with E-state index in [1.165, 1.54) is 48.2 Å². The number of piperidine rings is 2. The number of imidazole rings is 1. The van der Waals surface area contributed by atoms with Gasteiger partial charge in [0.2, 0.25) is 11.8 Å². The number of carbonyl (C=O) groups is 3. The molecule has 3 aromatic heterocycles. The average molecular weight is 1020 g/mol. The zero-order valence-electron chi connectivity index (χ0n) is 42.2. The summed E-state index contributed by atoms with van der Waals surface area (Å²) in [5.74, 6) is 0.156. The highest BCUT2D eigenvalue weighted by molar-refractivity contribution is 6.00. The number of fused-ring (bicyclic) bond motifs is 1. The molecule has 1 saturated carbocycles. The second kappa shape index (κ2) is 24.4. The Labute approximate surface area is 429 Å². The first-order valence-electron chi connectivity index (χ1n) is 25.4. The molecule has 3 aliphatic heterocycles. The Bertz CT molecular complexity index is 2970. The number of aldehydes is 1. The third-order valence-electron chi connectivity index (χ3n) is 14.4. The van der Waals surface area contributed by atoms with Crippen LogP contribution in [0.1, 0.15) is 101 Å². The molecular weight excluding hydrogens is 950 g/mol. The number of pyridine rings is 1. The zero-order chi connectivity index (χ0) is 52.4. The van der Waals surface area contributed by atoms with Crippen molar-refractivity contribution in [1.29, 1.82) is 0 Å². The van der Waals surface area contributed by atoms with E-state index in [-0.39, 0.29) is 30.0 Å². The van der Waals surface area contributed by atoms with Crippen LogP contribution in [0.4, 0.5) is 18.9 Å². The summed E-state index contributed by atoms with van der Waals surface area (Å²) in [6.45, 7) is 6.48. The van der Waals surface area contributed by atoms with Crippen molar-refractivity contribution in [1.82, 2.24) is 43.7 Å². The van der Waals surface area contributed by atoms with E-state index >= 15 is 0 Å². The number of carbonyl (C=O) groups excluding carboxylic acids is 3. The van der Waals surface area contributed by atoms with E-state index in [4.69, 9.17) is 4.74 Å². The van der Waals surface area contributed by atoms with Crippen molar-refractivity contribution in [2.24, 2.45) is 7.05 Å². The fraction of sp³-hybridized carbons (Fsp3) is 0.429. The van der Waals surface area contributed by atoms with E-state index in [9.17, 15) is 32.3 Å². The quantitative estimate of drug-likeness (QED) is 0.0635. The Morgan fingerprint density at radius 1 is 0.811 bits per heavy atom. The van der Waals surface area contributed by atoms with Crippen LogP contribution in [0.25, 0.3) is 11.2 Å². The van der Waals surface area contributed by atoms with Gasteiger partial charge >= 0.3 is 11.9 Å². The van der Waals surface area contributed by atoms with Gasteiger partial charge < -0.3 is 14.2 Å². The minimum atomic E-state index is -4.68. The lowest BCUT2D eigenvalue weighted by molar-refractivity contribution is -0.138. The SMILES string of the molecule is C#C.C1CCC1.CN(Cc1cc(N2CCN(Cc3ccc(COC4CCCN(Cc5cc(C(F)(F)F)c6cn(-c7cccc(Cc8nncn8C)c7)c(=O)n6c5)C4)cc3)CC2)ccc1C=O)C1CCC(=O)NC1=O. The molecule has 390 valence electrons. The van der Waals surface area contributed by atoms with E-state index in [1.807, 2.05) is 43.3 Å². The van der Waals surface area contributed by atoms with Gasteiger partial charge in [-0.05, 0) is 97.1 Å². The van der Waals surface area contributed by atoms with Crippen LogP contribution < -0.4 is 15.9 Å². The molecule has 4 aliphatic rings. The second-order valence-electron chi connectivity index (χ2n) is 19.7. The molecule has 2 atom stereocenters. The first-order valence-corrected chi connectivity index (χ1v) is 25.4. The van der Waals surface area contributed by atoms with Crippen molar-refractivity contribution in [3.63, 3.8) is 0 Å². The van der Waals surface area contributed by atoms with E-state index in [0.29, 0.717) is 68.1 Å². The maximum atomic E-state index is 14.6. The Morgan fingerprint density at radius 2 is 1.54 bits per heavy atom. The minimum absolute atomic E-state index is 0.0971. The van der Waals surface area contributed by atoms with E-state index in [2.05, 4.69) is 67.3 Å². The number of terminal acetylenes is 1. The lowest BCUT2D eigenvalue weighted by Crippen LogP contribution is -2.51. The highest BCUT2D eigenvalue weighted by Crippen LogP contribution is 2.34. The predicted molar refractivity (Wildman–Crippen MR) is 277 cm³/mol. The molecule has 1 N–H and O–H groups in total. The van der Waals surface area contributed by atoms with Crippen molar-refractivity contribution in [3.05, 3.63) is 147 Å². The Balaban J connectivity index is 0.00000115. The Hall–Kier alpha value is -6.91. The minimum Gasteiger partial charge on any atom is -0.372 e. The molecule has 0 radical (unpaired) electrons. The first-order chi connectivity index (χ1) is 35.8. The van der Waals surface area contributed by atoms with E-state index in [1.54, 1.807) is 29.1 Å². The molecule has 4 fully saturated rings.